The lowest BCUT2D eigenvalue weighted by atomic mass is 9.84. The fraction of sp³-hybridized carbons (Fsp3) is 0.667. The van der Waals surface area contributed by atoms with Crippen LogP contribution in [0.4, 0.5) is 0 Å². The predicted octanol–water partition coefficient (Wildman–Crippen LogP) is 2.52. The van der Waals surface area contributed by atoms with Gasteiger partial charge in [-0.15, -0.1) is 0 Å². The molecule has 1 unspecified atom stereocenters. The third-order valence-electron chi connectivity index (χ3n) is 2.98. The third-order valence-corrected chi connectivity index (χ3v) is 2.98. The van der Waals surface area contributed by atoms with E-state index in [0.29, 0.717) is 11.3 Å². The Morgan fingerprint density at radius 3 is 2.61 bits per heavy atom. The standard InChI is InChI=1S/C15H27N3/c1-15(2,3)8-14(9-16)12-18(4)11-13-6-5-7-17-10-13/h5-7,10,14H,8-9,11-12,16H2,1-4H3. The molecule has 0 aliphatic rings. The highest BCUT2D eigenvalue weighted by Crippen LogP contribution is 2.24. The van der Waals surface area contributed by atoms with Crippen molar-refractivity contribution in [2.75, 3.05) is 20.1 Å². The number of nitrogens with zero attached hydrogens (tertiary/aromatic N) is 2. The average molecular weight is 249 g/mol. The summed E-state index contributed by atoms with van der Waals surface area (Å²) >= 11 is 0. The summed E-state index contributed by atoms with van der Waals surface area (Å²) in [6.45, 7) is 9.57. The molecule has 0 bridgehead atoms. The molecular weight excluding hydrogens is 222 g/mol. The fourth-order valence-corrected chi connectivity index (χ4v) is 2.40. The third kappa shape index (κ3) is 6.12. The Labute approximate surface area is 111 Å². The molecule has 1 heterocycles. The van der Waals surface area contributed by atoms with E-state index in [9.17, 15) is 0 Å². The van der Waals surface area contributed by atoms with Crippen molar-refractivity contribution in [1.82, 2.24) is 9.88 Å². The minimum atomic E-state index is 0.346. The molecule has 0 amide bonds. The van der Waals surface area contributed by atoms with Crippen molar-refractivity contribution >= 4 is 0 Å². The van der Waals surface area contributed by atoms with Crippen LogP contribution >= 0.6 is 0 Å². The molecule has 1 aromatic heterocycles. The minimum Gasteiger partial charge on any atom is -0.330 e. The Morgan fingerprint density at radius 2 is 2.11 bits per heavy atom. The Morgan fingerprint density at radius 1 is 1.39 bits per heavy atom. The van der Waals surface area contributed by atoms with Crippen molar-refractivity contribution < 1.29 is 0 Å². The zero-order valence-corrected chi connectivity index (χ0v) is 12.2. The SMILES string of the molecule is CN(Cc1cccnc1)CC(CN)CC(C)(C)C. The zero-order chi connectivity index (χ0) is 13.6. The average Bonchev–Trinajstić information content (AvgIpc) is 2.27. The maximum Gasteiger partial charge on any atom is 0.0312 e. The van der Waals surface area contributed by atoms with Gasteiger partial charge in [-0.05, 0) is 43.0 Å². The van der Waals surface area contributed by atoms with Crippen LogP contribution in [0.25, 0.3) is 0 Å². The van der Waals surface area contributed by atoms with Gasteiger partial charge in [0.05, 0.1) is 0 Å². The monoisotopic (exact) mass is 249 g/mol. The van der Waals surface area contributed by atoms with Crippen LogP contribution in [-0.2, 0) is 6.54 Å². The van der Waals surface area contributed by atoms with E-state index >= 15 is 0 Å². The molecule has 3 nitrogen and oxygen atoms in total. The van der Waals surface area contributed by atoms with Gasteiger partial charge in [0.25, 0.3) is 0 Å². The van der Waals surface area contributed by atoms with Crippen molar-refractivity contribution in [3.63, 3.8) is 0 Å². The number of hydrogen-bond donors (Lipinski definition) is 1. The van der Waals surface area contributed by atoms with Crippen LogP contribution in [0, 0.1) is 11.3 Å². The van der Waals surface area contributed by atoms with Crippen LogP contribution in [0.2, 0.25) is 0 Å². The normalized spacial score (nSPS) is 13.9. The van der Waals surface area contributed by atoms with E-state index in [1.165, 1.54) is 12.0 Å². The quantitative estimate of drug-likeness (QED) is 0.842. The molecule has 0 radical (unpaired) electrons. The molecular formula is C15H27N3. The van der Waals surface area contributed by atoms with Crippen LogP contribution in [0.15, 0.2) is 24.5 Å². The first kappa shape index (κ1) is 15.1. The summed E-state index contributed by atoms with van der Waals surface area (Å²) in [5, 5.41) is 0. The molecule has 102 valence electrons. The molecule has 0 aliphatic carbocycles. The van der Waals surface area contributed by atoms with Crippen molar-refractivity contribution in [1.29, 1.82) is 0 Å². The molecule has 0 saturated heterocycles. The van der Waals surface area contributed by atoms with E-state index < -0.39 is 0 Å². The van der Waals surface area contributed by atoms with Gasteiger partial charge in [-0.2, -0.15) is 0 Å². The second-order valence-corrected chi connectivity index (χ2v) is 6.42. The molecule has 0 saturated carbocycles. The highest BCUT2D eigenvalue weighted by molar-refractivity contribution is 5.07. The number of nitrogens with two attached hydrogens (primary N) is 1. The summed E-state index contributed by atoms with van der Waals surface area (Å²) in [5.41, 5.74) is 7.49. The highest BCUT2D eigenvalue weighted by Gasteiger charge is 2.19. The number of hydrogen-bond acceptors (Lipinski definition) is 3. The molecule has 1 rings (SSSR count). The molecule has 0 spiro atoms. The summed E-state index contributed by atoms with van der Waals surface area (Å²) in [6.07, 6.45) is 4.91. The van der Waals surface area contributed by atoms with Crippen molar-refractivity contribution in [3.05, 3.63) is 30.1 Å². The van der Waals surface area contributed by atoms with Crippen molar-refractivity contribution in [2.24, 2.45) is 17.1 Å². The second-order valence-electron chi connectivity index (χ2n) is 6.42. The van der Waals surface area contributed by atoms with Gasteiger partial charge >= 0.3 is 0 Å². The van der Waals surface area contributed by atoms with Gasteiger partial charge in [-0.1, -0.05) is 26.8 Å². The zero-order valence-electron chi connectivity index (χ0n) is 12.2. The lowest BCUT2D eigenvalue weighted by Crippen LogP contribution is -2.32. The topological polar surface area (TPSA) is 42.2 Å². The van der Waals surface area contributed by atoms with Crippen LogP contribution in [-0.4, -0.2) is 30.0 Å². The van der Waals surface area contributed by atoms with Crippen LogP contribution < -0.4 is 5.73 Å². The molecule has 0 fully saturated rings. The maximum absolute atomic E-state index is 5.88. The van der Waals surface area contributed by atoms with Gasteiger partial charge in [0.1, 0.15) is 0 Å². The molecule has 1 aromatic rings. The van der Waals surface area contributed by atoms with Gasteiger partial charge < -0.3 is 10.6 Å². The van der Waals surface area contributed by atoms with Crippen LogP contribution in [0.5, 0.6) is 0 Å². The lowest BCUT2D eigenvalue weighted by Gasteiger charge is -2.28. The summed E-state index contributed by atoms with van der Waals surface area (Å²) in [7, 11) is 2.15. The summed E-state index contributed by atoms with van der Waals surface area (Å²) < 4.78 is 0. The molecule has 18 heavy (non-hydrogen) atoms. The number of pyridine rings is 1. The Kier molecular flexibility index (Phi) is 5.76. The highest BCUT2D eigenvalue weighted by atomic mass is 15.1. The minimum absolute atomic E-state index is 0.346. The first-order chi connectivity index (χ1) is 8.40. The fourth-order valence-electron chi connectivity index (χ4n) is 2.40. The van der Waals surface area contributed by atoms with Crippen LogP contribution in [0.1, 0.15) is 32.8 Å². The summed E-state index contributed by atoms with van der Waals surface area (Å²) in [6, 6.07) is 4.10. The number of aromatic nitrogens is 1. The molecule has 0 aliphatic heterocycles. The largest absolute Gasteiger partial charge is 0.330 e. The van der Waals surface area contributed by atoms with Crippen molar-refractivity contribution in [3.8, 4) is 0 Å². The summed E-state index contributed by atoms with van der Waals surface area (Å²) in [5.74, 6) is 0.562. The Bertz CT molecular complexity index is 329. The lowest BCUT2D eigenvalue weighted by molar-refractivity contribution is 0.216. The maximum atomic E-state index is 5.88. The molecule has 0 aromatic carbocycles. The van der Waals surface area contributed by atoms with Crippen molar-refractivity contribution in [2.45, 2.75) is 33.7 Å². The van der Waals surface area contributed by atoms with Crippen LogP contribution in [0.3, 0.4) is 0 Å². The first-order valence-electron chi connectivity index (χ1n) is 6.68. The van der Waals surface area contributed by atoms with E-state index in [-0.39, 0.29) is 0 Å². The first-order valence-corrected chi connectivity index (χ1v) is 6.68. The predicted molar refractivity (Wildman–Crippen MR) is 77.2 cm³/mol. The Balaban J connectivity index is 2.45. The van der Waals surface area contributed by atoms with Gasteiger partial charge in [0, 0.05) is 25.5 Å². The van der Waals surface area contributed by atoms with E-state index in [2.05, 4.69) is 43.8 Å². The number of rotatable bonds is 6. The smallest absolute Gasteiger partial charge is 0.0312 e. The molecule has 1 atom stereocenters. The molecule has 2 N–H and O–H groups in total. The van der Waals surface area contributed by atoms with E-state index in [1.807, 2.05) is 18.5 Å². The van der Waals surface area contributed by atoms with E-state index in [4.69, 9.17) is 5.73 Å². The van der Waals surface area contributed by atoms with Gasteiger partial charge in [-0.25, -0.2) is 0 Å². The van der Waals surface area contributed by atoms with Gasteiger partial charge in [0.15, 0.2) is 0 Å². The van der Waals surface area contributed by atoms with Gasteiger partial charge in [-0.3, -0.25) is 4.98 Å². The van der Waals surface area contributed by atoms with Gasteiger partial charge in [0.2, 0.25) is 0 Å². The second kappa shape index (κ2) is 6.86. The summed E-state index contributed by atoms with van der Waals surface area (Å²) in [4.78, 5) is 6.48. The van der Waals surface area contributed by atoms with E-state index in [1.54, 1.807) is 0 Å². The Hall–Kier alpha value is -0.930. The van der Waals surface area contributed by atoms with E-state index in [0.717, 1.165) is 19.6 Å². The molecule has 3 heteroatoms.